The molecule has 2 heterocycles. The summed E-state index contributed by atoms with van der Waals surface area (Å²) in [7, 11) is 0. The Hall–Kier alpha value is -1.62. The highest BCUT2D eigenvalue weighted by molar-refractivity contribution is 5.44. The zero-order chi connectivity index (χ0) is 12.5. The number of aryl methyl sites for hydroxylation is 1. The van der Waals surface area contributed by atoms with E-state index in [1.54, 1.807) is 4.52 Å². The van der Waals surface area contributed by atoms with Crippen molar-refractivity contribution in [1.82, 2.24) is 14.6 Å². The Balaban J connectivity index is 2.25. The maximum absolute atomic E-state index is 8.97. The highest BCUT2D eigenvalue weighted by atomic mass is 16.3. The maximum Gasteiger partial charge on any atom is 0.243 e. The van der Waals surface area contributed by atoms with E-state index < -0.39 is 0 Å². The summed E-state index contributed by atoms with van der Waals surface area (Å²) in [5.74, 6) is 0.592. The Morgan fingerprint density at radius 3 is 2.88 bits per heavy atom. The number of aliphatic hydroxyl groups is 1. The third-order valence-electron chi connectivity index (χ3n) is 2.67. The summed E-state index contributed by atoms with van der Waals surface area (Å²) in [5.41, 5.74) is 1.75. The van der Waals surface area contributed by atoms with Gasteiger partial charge in [-0.3, -0.25) is 0 Å². The second-order valence-electron chi connectivity index (χ2n) is 4.93. The molecule has 0 unspecified atom stereocenters. The van der Waals surface area contributed by atoms with Crippen LogP contribution in [0.2, 0.25) is 0 Å². The molecule has 0 amide bonds. The molecule has 0 saturated heterocycles. The smallest absolute Gasteiger partial charge is 0.243 e. The van der Waals surface area contributed by atoms with Crippen molar-refractivity contribution in [3.05, 3.63) is 23.9 Å². The van der Waals surface area contributed by atoms with Crippen LogP contribution in [-0.2, 0) is 0 Å². The highest BCUT2D eigenvalue weighted by Gasteiger charge is 2.18. The zero-order valence-electron chi connectivity index (χ0n) is 10.4. The fraction of sp³-hybridized carbons (Fsp3) is 0.500. The molecule has 5 heteroatoms. The van der Waals surface area contributed by atoms with E-state index in [-0.39, 0.29) is 12.1 Å². The van der Waals surface area contributed by atoms with Gasteiger partial charge in [-0.25, -0.2) is 4.52 Å². The van der Waals surface area contributed by atoms with Gasteiger partial charge >= 0.3 is 0 Å². The van der Waals surface area contributed by atoms with E-state index in [9.17, 15) is 0 Å². The van der Waals surface area contributed by atoms with Crippen LogP contribution in [0.1, 0.15) is 25.8 Å². The van der Waals surface area contributed by atoms with Crippen molar-refractivity contribution < 1.29 is 5.11 Å². The molecule has 0 aliphatic heterocycles. The molecule has 0 saturated carbocycles. The number of rotatable bonds is 4. The number of hydrogen-bond acceptors (Lipinski definition) is 4. The van der Waals surface area contributed by atoms with E-state index in [4.69, 9.17) is 5.11 Å². The second kappa shape index (κ2) is 4.33. The van der Waals surface area contributed by atoms with Crippen LogP contribution in [0.4, 0.5) is 5.95 Å². The van der Waals surface area contributed by atoms with Crippen molar-refractivity contribution in [2.45, 2.75) is 32.7 Å². The molecule has 0 spiro atoms. The van der Waals surface area contributed by atoms with E-state index in [1.165, 1.54) is 0 Å². The van der Waals surface area contributed by atoms with Gasteiger partial charge in [0.1, 0.15) is 0 Å². The van der Waals surface area contributed by atoms with Crippen LogP contribution in [0.25, 0.3) is 5.65 Å². The van der Waals surface area contributed by atoms with Gasteiger partial charge in [0.15, 0.2) is 5.65 Å². The van der Waals surface area contributed by atoms with Gasteiger partial charge in [-0.1, -0.05) is 6.07 Å². The molecule has 0 aromatic carbocycles. The first-order valence-corrected chi connectivity index (χ1v) is 5.72. The number of nitrogens with one attached hydrogen (secondary N) is 1. The number of fused-ring (bicyclic) bond motifs is 1. The molecule has 92 valence electrons. The lowest BCUT2D eigenvalue weighted by atomic mass is 10.0. The number of anilines is 1. The Kier molecular flexibility index (Phi) is 3.02. The van der Waals surface area contributed by atoms with Gasteiger partial charge in [0.2, 0.25) is 5.95 Å². The van der Waals surface area contributed by atoms with Gasteiger partial charge in [-0.05, 0) is 38.8 Å². The summed E-state index contributed by atoms with van der Waals surface area (Å²) < 4.78 is 1.76. The maximum atomic E-state index is 8.97. The van der Waals surface area contributed by atoms with Crippen LogP contribution >= 0.6 is 0 Å². The number of hydrogen-bond donors (Lipinski definition) is 2. The topological polar surface area (TPSA) is 62.5 Å². The fourth-order valence-corrected chi connectivity index (χ4v) is 1.68. The molecule has 2 rings (SSSR count). The Bertz CT molecular complexity index is 518. The Labute approximate surface area is 100 Å². The third-order valence-corrected chi connectivity index (χ3v) is 2.67. The summed E-state index contributed by atoms with van der Waals surface area (Å²) in [6.07, 6.45) is 2.59. The second-order valence-corrected chi connectivity index (χ2v) is 4.93. The lowest BCUT2D eigenvalue weighted by Gasteiger charge is -2.24. The molecule has 0 atom stereocenters. The summed E-state index contributed by atoms with van der Waals surface area (Å²) in [4.78, 5) is 4.38. The Morgan fingerprint density at radius 2 is 2.18 bits per heavy atom. The van der Waals surface area contributed by atoms with Crippen LogP contribution in [0, 0.1) is 6.92 Å². The SMILES string of the molecule is Cc1ccc2nc(NC(C)(C)CCO)nn2c1. The largest absolute Gasteiger partial charge is 0.396 e. The number of nitrogens with zero attached hydrogens (tertiary/aromatic N) is 3. The summed E-state index contributed by atoms with van der Waals surface area (Å²) >= 11 is 0. The van der Waals surface area contributed by atoms with Crippen molar-refractivity contribution in [3.63, 3.8) is 0 Å². The minimum atomic E-state index is -0.214. The quantitative estimate of drug-likeness (QED) is 0.843. The fourth-order valence-electron chi connectivity index (χ4n) is 1.68. The van der Waals surface area contributed by atoms with Gasteiger partial charge in [0.25, 0.3) is 0 Å². The number of pyridine rings is 1. The first kappa shape index (κ1) is 11.9. The first-order chi connectivity index (χ1) is 8.00. The van der Waals surface area contributed by atoms with E-state index in [0.29, 0.717) is 12.4 Å². The number of aromatic nitrogens is 3. The van der Waals surface area contributed by atoms with Gasteiger partial charge in [0.05, 0.1) is 0 Å². The summed E-state index contributed by atoms with van der Waals surface area (Å²) in [6, 6.07) is 3.94. The van der Waals surface area contributed by atoms with Crippen LogP contribution in [0.3, 0.4) is 0 Å². The molecule has 2 aromatic rings. The summed E-state index contributed by atoms with van der Waals surface area (Å²) in [5, 5.41) is 16.5. The molecular formula is C12H18N4O. The predicted molar refractivity (Wildman–Crippen MR) is 67.1 cm³/mol. The molecule has 0 fully saturated rings. The minimum Gasteiger partial charge on any atom is -0.396 e. The minimum absolute atomic E-state index is 0.145. The lowest BCUT2D eigenvalue weighted by Crippen LogP contribution is -2.32. The molecular weight excluding hydrogens is 216 g/mol. The van der Waals surface area contributed by atoms with Gasteiger partial charge in [-0.15, -0.1) is 5.10 Å². The molecule has 17 heavy (non-hydrogen) atoms. The molecule has 0 bridgehead atoms. The van der Waals surface area contributed by atoms with E-state index in [2.05, 4.69) is 15.4 Å². The molecule has 2 N–H and O–H groups in total. The molecule has 0 aliphatic rings. The van der Waals surface area contributed by atoms with E-state index in [1.807, 2.05) is 39.1 Å². The molecule has 0 aliphatic carbocycles. The summed E-state index contributed by atoms with van der Waals surface area (Å²) in [6.45, 7) is 6.19. The van der Waals surface area contributed by atoms with Crippen LogP contribution in [0.5, 0.6) is 0 Å². The zero-order valence-corrected chi connectivity index (χ0v) is 10.4. The molecule has 5 nitrogen and oxygen atoms in total. The lowest BCUT2D eigenvalue weighted by molar-refractivity contribution is 0.260. The van der Waals surface area contributed by atoms with Crippen molar-refractivity contribution in [3.8, 4) is 0 Å². The van der Waals surface area contributed by atoms with Crippen molar-refractivity contribution >= 4 is 11.6 Å². The van der Waals surface area contributed by atoms with Crippen molar-refractivity contribution in [2.75, 3.05) is 11.9 Å². The van der Waals surface area contributed by atoms with Crippen LogP contribution in [0.15, 0.2) is 18.3 Å². The van der Waals surface area contributed by atoms with Crippen LogP contribution in [-0.4, -0.2) is 31.9 Å². The molecule has 2 aromatic heterocycles. The first-order valence-electron chi connectivity index (χ1n) is 5.72. The van der Waals surface area contributed by atoms with E-state index >= 15 is 0 Å². The standard InChI is InChI=1S/C12H18N4O/c1-9-4-5-10-13-11(15-16(10)8-9)14-12(2,3)6-7-17/h4-5,8,17H,6-7H2,1-3H3,(H,14,15). The van der Waals surface area contributed by atoms with Crippen molar-refractivity contribution in [2.24, 2.45) is 0 Å². The average molecular weight is 234 g/mol. The van der Waals surface area contributed by atoms with Gasteiger partial charge in [0, 0.05) is 18.3 Å². The normalized spacial score (nSPS) is 12.0. The van der Waals surface area contributed by atoms with Crippen LogP contribution < -0.4 is 5.32 Å². The van der Waals surface area contributed by atoms with Crippen molar-refractivity contribution in [1.29, 1.82) is 0 Å². The predicted octanol–water partition coefficient (Wildman–Crippen LogP) is 1.61. The van der Waals surface area contributed by atoms with Gasteiger partial charge in [-0.2, -0.15) is 4.98 Å². The van der Waals surface area contributed by atoms with Gasteiger partial charge < -0.3 is 10.4 Å². The number of aliphatic hydroxyl groups excluding tert-OH is 1. The van der Waals surface area contributed by atoms with E-state index in [0.717, 1.165) is 11.2 Å². The monoisotopic (exact) mass is 234 g/mol. The highest BCUT2D eigenvalue weighted by Crippen LogP contribution is 2.15. The third kappa shape index (κ3) is 2.74. The Morgan fingerprint density at radius 1 is 1.41 bits per heavy atom. The molecule has 0 radical (unpaired) electrons. The average Bonchev–Trinajstić information content (AvgIpc) is 2.57.